The Hall–Kier alpha value is -3.32. The normalized spacial score (nSPS) is 17.7. The third-order valence-electron chi connectivity index (χ3n) is 7.52. The van der Waals surface area contributed by atoms with Crippen LogP contribution in [0.4, 0.5) is 24.5 Å². The van der Waals surface area contributed by atoms with Crippen LogP contribution in [0.15, 0.2) is 41.3 Å². The van der Waals surface area contributed by atoms with E-state index in [1.807, 2.05) is 18.2 Å². The molecule has 5 rings (SSSR count). The summed E-state index contributed by atoms with van der Waals surface area (Å²) in [5, 5.41) is 13.6. The summed E-state index contributed by atoms with van der Waals surface area (Å²) >= 11 is 0. The molecule has 1 saturated heterocycles. The summed E-state index contributed by atoms with van der Waals surface area (Å²) in [6, 6.07) is 11.0. The van der Waals surface area contributed by atoms with Crippen molar-refractivity contribution >= 4 is 33.3 Å². The first kappa shape index (κ1) is 30.6. The van der Waals surface area contributed by atoms with Crippen LogP contribution in [0.5, 0.6) is 0 Å². The Bertz CT molecular complexity index is 1350. The van der Waals surface area contributed by atoms with Gasteiger partial charge in [-0.2, -0.15) is 13.2 Å². The maximum absolute atomic E-state index is 13.4. The smallest absolute Gasteiger partial charge is 0.475 e. The highest BCUT2D eigenvalue weighted by Gasteiger charge is 2.38. The lowest BCUT2D eigenvalue weighted by Crippen LogP contribution is -2.43. The van der Waals surface area contributed by atoms with Gasteiger partial charge in [0.2, 0.25) is 0 Å². The van der Waals surface area contributed by atoms with Crippen molar-refractivity contribution in [2.24, 2.45) is 0 Å². The molecule has 2 aromatic carbocycles. The molecule has 0 bridgehead atoms. The highest BCUT2D eigenvalue weighted by molar-refractivity contribution is 7.92. The molecule has 0 spiro atoms. The number of carbonyl (C=O) groups is 2. The number of amides is 1. The number of anilines is 2. The second-order valence-electron chi connectivity index (χ2n) is 10.5. The number of halogens is 3. The summed E-state index contributed by atoms with van der Waals surface area (Å²) in [5.74, 6) is -2.90. The highest BCUT2D eigenvalue weighted by atomic mass is 32.2. The number of rotatable bonds is 6. The van der Waals surface area contributed by atoms with Crippen molar-refractivity contribution in [3.63, 3.8) is 0 Å². The summed E-state index contributed by atoms with van der Waals surface area (Å²) in [6.07, 6.45) is 3.37. The first-order valence-electron chi connectivity index (χ1n) is 13.8. The molecule has 2 fully saturated rings. The Morgan fingerprint density at radius 3 is 2.20 bits per heavy atom. The van der Waals surface area contributed by atoms with Crippen molar-refractivity contribution in [2.75, 3.05) is 35.8 Å². The fraction of sp³-hybridized carbons (Fsp3) is 0.500. The number of fused-ring (bicyclic) bond motifs is 1. The molecule has 1 saturated carbocycles. The lowest BCUT2D eigenvalue weighted by Gasteiger charge is -2.31. The fourth-order valence-corrected chi connectivity index (χ4v) is 6.48. The van der Waals surface area contributed by atoms with E-state index in [0.717, 1.165) is 88.8 Å². The van der Waals surface area contributed by atoms with Crippen molar-refractivity contribution in [3.05, 3.63) is 53.1 Å². The second kappa shape index (κ2) is 13.1. The number of carboxylic acids is 1. The molecular weight excluding hydrogens is 561 g/mol. The summed E-state index contributed by atoms with van der Waals surface area (Å²) in [7, 11) is -3.80. The average molecular weight is 597 g/mol. The van der Waals surface area contributed by atoms with Gasteiger partial charge in [0.05, 0.1) is 16.3 Å². The first-order valence-corrected chi connectivity index (χ1v) is 15.3. The van der Waals surface area contributed by atoms with Gasteiger partial charge in [-0.3, -0.25) is 9.52 Å². The molecule has 13 heteroatoms. The Labute approximate surface area is 237 Å². The molecular formula is C28H35F3N4O5S. The predicted molar refractivity (Wildman–Crippen MR) is 149 cm³/mol. The Kier molecular flexibility index (Phi) is 9.80. The first-order chi connectivity index (χ1) is 19.4. The van der Waals surface area contributed by atoms with Crippen LogP contribution >= 0.6 is 0 Å². The van der Waals surface area contributed by atoms with Crippen molar-refractivity contribution in [2.45, 2.75) is 68.5 Å². The molecule has 2 aliphatic carbocycles. The summed E-state index contributed by atoms with van der Waals surface area (Å²) in [4.78, 5) is 24.3. The number of piperazine rings is 1. The zero-order valence-corrected chi connectivity index (χ0v) is 23.4. The quantitative estimate of drug-likeness (QED) is 0.396. The van der Waals surface area contributed by atoms with Crippen molar-refractivity contribution in [1.82, 2.24) is 10.6 Å². The van der Waals surface area contributed by atoms with E-state index in [-0.39, 0.29) is 16.8 Å². The number of hydrogen-bond donors (Lipinski definition) is 4. The van der Waals surface area contributed by atoms with Crippen LogP contribution in [0.1, 0.15) is 60.0 Å². The molecule has 4 N–H and O–H groups in total. The average Bonchev–Trinajstić information content (AvgIpc) is 3.46. The molecule has 1 amide bonds. The van der Waals surface area contributed by atoms with Crippen LogP contribution in [0, 0.1) is 0 Å². The van der Waals surface area contributed by atoms with Crippen LogP contribution in [-0.2, 0) is 27.7 Å². The van der Waals surface area contributed by atoms with Gasteiger partial charge in [-0.05, 0) is 80.0 Å². The number of sulfonamides is 1. The van der Waals surface area contributed by atoms with E-state index in [9.17, 15) is 26.4 Å². The molecule has 41 heavy (non-hydrogen) atoms. The third-order valence-corrected chi connectivity index (χ3v) is 8.89. The van der Waals surface area contributed by atoms with E-state index < -0.39 is 22.2 Å². The standard InChI is InChI=1S/C26H34N4O3S.C2HF3O2/c31-26(28-22-7-3-4-8-22)21-10-12-25(30-15-13-27-14-16-30)24(18-21)29-34(32,33)23-11-9-19-5-1-2-6-20(19)17-23;3-2(4,5)1(6)7/h9-12,17-18,22,27,29H,1-8,13-16H2,(H,28,31);(H,6,7). The van der Waals surface area contributed by atoms with E-state index in [1.165, 1.54) is 5.56 Å². The summed E-state index contributed by atoms with van der Waals surface area (Å²) in [5.41, 5.74) is 4.12. The number of benzene rings is 2. The topological polar surface area (TPSA) is 128 Å². The number of nitrogens with zero attached hydrogens (tertiary/aromatic N) is 1. The zero-order chi connectivity index (χ0) is 29.6. The lowest BCUT2D eigenvalue weighted by atomic mass is 9.92. The minimum Gasteiger partial charge on any atom is -0.475 e. The summed E-state index contributed by atoms with van der Waals surface area (Å²) < 4.78 is 61.4. The number of carboxylic acid groups (broad SMARTS) is 1. The number of nitrogens with one attached hydrogen (secondary N) is 3. The second-order valence-corrected chi connectivity index (χ2v) is 12.2. The van der Waals surface area contributed by atoms with E-state index in [4.69, 9.17) is 9.90 Å². The van der Waals surface area contributed by atoms with Gasteiger partial charge >= 0.3 is 12.1 Å². The molecule has 224 valence electrons. The fourth-order valence-electron chi connectivity index (χ4n) is 5.36. The Balaban J connectivity index is 0.000000493. The largest absolute Gasteiger partial charge is 0.490 e. The molecule has 1 heterocycles. The molecule has 0 unspecified atom stereocenters. The van der Waals surface area contributed by atoms with Crippen molar-refractivity contribution in [3.8, 4) is 0 Å². The van der Waals surface area contributed by atoms with E-state index in [0.29, 0.717) is 11.3 Å². The van der Waals surface area contributed by atoms with Crippen LogP contribution in [0.2, 0.25) is 0 Å². The van der Waals surface area contributed by atoms with Gasteiger partial charge in [0.25, 0.3) is 15.9 Å². The number of aliphatic carboxylic acids is 1. The molecule has 0 aromatic heterocycles. The number of carbonyl (C=O) groups excluding carboxylic acids is 1. The minimum atomic E-state index is -5.08. The van der Waals surface area contributed by atoms with Crippen LogP contribution < -0.4 is 20.3 Å². The molecule has 9 nitrogen and oxygen atoms in total. The predicted octanol–water partition coefficient (Wildman–Crippen LogP) is 4.08. The number of aryl methyl sites for hydroxylation is 2. The highest BCUT2D eigenvalue weighted by Crippen LogP contribution is 2.31. The van der Waals surface area contributed by atoms with Crippen molar-refractivity contribution in [1.29, 1.82) is 0 Å². The van der Waals surface area contributed by atoms with Gasteiger partial charge in [-0.25, -0.2) is 13.2 Å². The minimum absolute atomic E-state index is 0.145. The van der Waals surface area contributed by atoms with Gasteiger partial charge in [0.1, 0.15) is 0 Å². The zero-order valence-electron chi connectivity index (χ0n) is 22.6. The van der Waals surface area contributed by atoms with Gasteiger partial charge < -0.3 is 20.6 Å². The Morgan fingerprint density at radius 1 is 0.927 bits per heavy atom. The van der Waals surface area contributed by atoms with Crippen molar-refractivity contribution < 1.29 is 36.3 Å². The molecule has 0 radical (unpaired) electrons. The summed E-state index contributed by atoms with van der Waals surface area (Å²) in [6.45, 7) is 3.23. The maximum Gasteiger partial charge on any atom is 0.490 e. The maximum atomic E-state index is 13.4. The number of hydrogen-bond acceptors (Lipinski definition) is 6. The molecule has 2 aromatic rings. The SMILES string of the molecule is O=C(NC1CCCC1)c1ccc(N2CCNCC2)c(NS(=O)(=O)c2ccc3c(c2)CCCC3)c1.O=C(O)C(F)(F)F. The van der Waals surface area contributed by atoms with E-state index in [1.54, 1.807) is 18.2 Å². The van der Waals surface area contributed by atoms with Crippen LogP contribution in [-0.4, -0.2) is 63.8 Å². The number of alkyl halides is 3. The molecule has 1 aliphatic heterocycles. The van der Waals surface area contributed by atoms with Gasteiger partial charge in [0, 0.05) is 37.8 Å². The van der Waals surface area contributed by atoms with Crippen LogP contribution in [0.3, 0.4) is 0 Å². The Morgan fingerprint density at radius 2 is 1.56 bits per heavy atom. The van der Waals surface area contributed by atoms with E-state index in [2.05, 4.69) is 20.3 Å². The lowest BCUT2D eigenvalue weighted by molar-refractivity contribution is -0.192. The monoisotopic (exact) mass is 596 g/mol. The molecule has 3 aliphatic rings. The van der Waals surface area contributed by atoms with Crippen LogP contribution in [0.25, 0.3) is 0 Å². The molecule has 0 atom stereocenters. The van der Waals surface area contributed by atoms with Gasteiger partial charge in [0.15, 0.2) is 0 Å². The van der Waals surface area contributed by atoms with E-state index >= 15 is 0 Å². The van der Waals surface area contributed by atoms with Gasteiger partial charge in [-0.1, -0.05) is 18.9 Å². The third kappa shape index (κ3) is 8.13. The van der Waals surface area contributed by atoms with Gasteiger partial charge in [-0.15, -0.1) is 0 Å².